The highest BCUT2D eigenvalue weighted by atomic mass is 32.2. The van der Waals surface area contributed by atoms with E-state index in [1.807, 2.05) is 30.3 Å². The van der Waals surface area contributed by atoms with E-state index in [-0.39, 0.29) is 30.6 Å². The van der Waals surface area contributed by atoms with Crippen LogP contribution in [0.15, 0.2) is 53.8 Å². The zero-order valence-electron chi connectivity index (χ0n) is 18.2. The Morgan fingerprint density at radius 3 is 2.74 bits per heavy atom. The smallest absolute Gasteiger partial charge is 0.291 e. The lowest BCUT2D eigenvalue weighted by atomic mass is 10.1. The molecule has 1 aromatic carbocycles. The van der Waals surface area contributed by atoms with Gasteiger partial charge in [0.15, 0.2) is 0 Å². The number of nitrogens with one attached hydrogen (secondary N) is 1. The molecule has 0 radical (unpaired) electrons. The number of pyridine rings is 1. The number of thioether (sulfide) groups is 1. The van der Waals surface area contributed by atoms with Crippen LogP contribution in [0.3, 0.4) is 0 Å². The van der Waals surface area contributed by atoms with Crippen molar-refractivity contribution in [2.45, 2.75) is 23.4 Å². The number of benzene rings is 1. The lowest BCUT2D eigenvalue weighted by Crippen LogP contribution is -2.56. The molecule has 2 amide bonds. The van der Waals surface area contributed by atoms with E-state index in [2.05, 4.69) is 20.4 Å². The topological polar surface area (TPSA) is 96.2 Å². The van der Waals surface area contributed by atoms with Gasteiger partial charge < -0.3 is 15.1 Å². The maximum atomic E-state index is 13.2. The molecule has 34 heavy (non-hydrogen) atoms. The number of carbonyl (C=O) groups is 2. The van der Waals surface area contributed by atoms with Gasteiger partial charge in [0.2, 0.25) is 11.7 Å². The molecular formula is C22H21F2N7O2S. The fourth-order valence-corrected chi connectivity index (χ4v) is 4.90. The van der Waals surface area contributed by atoms with Crippen LogP contribution in [0.4, 0.5) is 20.3 Å². The van der Waals surface area contributed by atoms with Crippen LogP contribution < -0.4 is 15.1 Å². The van der Waals surface area contributed by atoms with Crippen molar-refractivity contribution in [3.63, 3.8) is 0 Å². The third-order valence-electron chi connectivity index (χ3n) is 5.63. The Labute approximate surface area is 198 Å². The van der Waals surface area contributed by atoms with E-state index >= 15 is 0 Å². The molecule has 4 heterocycles. The normalized spacial score (nSPS) is 19.3. The molecule has 0 aliphatic carbocycles. The van der Waals surface area contributed by atoms with Gasteiger partial charge in [-0.1, -0.05) is 30.3 Å². The molecule has 0 spiro atoms. The molecular weight excluding hydrogens is 464 g/mol. The molecule has 2 aliphatic heterocycles. The monoisotopic (exact) mass is 485 g/mol. The molecule has 9 nitrogen and oxygen atoms in total. The molecule has 5 rings (SSSR count). The Morgan fingerprint density at radius 1 is 1.24 bits per heavy atom. The van der Waals surface area contributed by atoms with Gasteiger partial charge >= 0.3 is 0 Å². The number of hydrogen-bond acceptors (Lipinski definition) is 7. The highest BCUT2D eigenvalue weighted by Crippen LogP contribution is 2.38. The first-order valence-electron chi connectivity index (χ1n) is 10.6. The molecule has 1 fully saturated rings. The number of fused-ring (bicyclic) bond motifs is 1. The number of rotatable bonds is 5. The maximum absolute atomic E-state index is 13.2. The predicted octanol–water partition coefficient (Wildman–Crippen LogP) is 2.04. The molecule has 12 heteroatoms. The van der Waals surface area contributed by atoms with Crippen LogP contribution in [0.1, 0.15) is 16.2 Å². The van der Waals surface area contributed by atoms with Gasteiger partial charge in [-0.15, -0.1) is 16.9 Å². The van der Waals surface area contributed by atoms with Crippen LogP contribution in [-0.4, -0.2) is 69.4 Å². The average molecular weight is 486 g/mol. The van der Waals surface area contributed by atoms with Gasteiger partial charge in [-0.2, -0.15) is 0 Å². The molecule has 2 aromatic heterocycles. The summed E-state index contributed by atoms with van der Waals surface area (Å²) in [7, 11) is 1.60. The van der Waals surface area contributed by atoms with Crippen LogP contribution in [-0.2, 0) is 11.3 Å². The summed E-state index contributed by atoms with van der Waals surface area (Å²) in [5.41, 5.74) is 1.58. The Bertz CT molecular complexity index is 1230. The fourth-order valence-electron chi connectivity index (χ4n) is 3.80. The first-order chi connectivity index (χ1) is 16.3. The van der Waals surface area contributed by atoms with Crippen LogP contribution in [0.5, 0.6) is 0 Å². The molecule has 1 N–H and O–H groups in total. The Morgan fingerprint density at radius 2 is 2.00 bits per heavy atom. The first kappa shape index (κ1) is 22.3. The number of carbonyl (C=O) groups excluding carboxylic acids is 2. The van der Waals surface area contributed by atoms with Gasteiger partial charge in [0.05, 0.1) is 31.5 Å². The number of likely N-dealkylation sites (N-methyl/N-ethyl adjacent to an activating group) is 1. The lowest BCUT2D eigenvalue weighted by Gasteiger charge is -2.39. The van der Waals surface area contributed by atoms with Crippen molar-refractivity contribution >= 4 is 35.1 Å². The van der Waals surface area contributed by atoms with Gasteiger partial charge in [-0.05, 0) is 11.6 Å². The molecule has 0 unspecified atom stereocenters. The van der Waals surface area contributed by atoms with E-state index in [1.54, 1.807) is 17.8 Å². The Balaban J connectivity index is 1.26. The van der Waals surface area contributed by atoms with Gasteiger partial charge in [-0.25, -0.2) is 23.4 Å². The Hall–Kier alpha value is -3.54. The molecule has 1 atom stereocenters. The summed E-state index contributed by atoms with van der Waals surface area (Å²) in [6.45, 7) is -0.280. The summed E-state index contributed by atoms with van der Waals surface area (Å²) >= 11 is 1.36. The average Bonchev–Trinajstić information content (AvgIpc) is 3.24. The molecule has 1 saturated heterocycles. The number of hydrogen-bond donors (Lipinski definition) is 1. The number of nitrogens with zero attached hydrogens (tertiary/aromatic N) is 6. The number of aromatic nitrogens is 4. The van der Waals surface area contributed by atoms with Gasteiger partial charge in [0.1, 0.15) is 18.2 Å². The van der Waals surface area contributed by atoms with Gasteiger partial charge in [0, 0.05) is 17.7 Å². The third kappa shape index (κ3) is 4.45. The number of anilines is 2. The second-order valence-corrected chi connectivity index (χ2v) is 9.27. The summed E-state index contributed by atoms with van der Waals surface area (Å²) < 4.78 is 28.0. The van der Waals surface area contributed by atoms with Crippen LogP contribution >= 0.6 is 11.8 Å². The minimum absolute atomic E-state index is 0.0270. The minimum Gasteiger partial charge on any atom is -0.344 e. The van der Waals surface area contributed by atoms with E-state index in [1.165, 1.54) is 34.1 Å². The molecule has 0 bridgehead atoms. The van der Waals surface area contributed by atoms with E-state index in [0.29, 0.717) is 18.1 Å². The van der Waals surface area contributed by atoms with Crippen molar-refractivity contribution in [2.75, 3.05) is 35.7 Å². The van der Waals surface area contributed by atoms with Crippen LogP contribution in [0.2, 0.25) is 0 Å². The van der Waals surface area contributed by atoms with Crippen LogP contribution in [0.25, 0.3) is 0 Å². The largest absolute Gasteiger partial charge is 0.344 e. The van der Waals surface area contributed by atoms with Crippen molar-refractivity contribution in [1.29, 1.82) is 0 Å². The zero-order chi connectivity index (χ0) is 23.9. The predicted molar refractivity (Wildman–Crippen MR) is 122 cm³/mol. The van der Waals surface area contributed by atoms with Crippen molar-refractivity contribution in [1.82, 2.24) is 25.1 Å². The fraction of sp³-hybridized carbons (Fsp3) is 0.318. The highest BCUT2D eigenvalue weighted by molar-refractivity contribution is 7.99. The SMILES string of the molecule is CN1C(=O)[C@@H](NC(=O)c2ncn(Cc3ccccc3)n2)CSc2cc(N3CC(F)(F)C3)ncc21. The molecule has 176 valence electrons. The van der Waals surface area contributed by atoms with Crippen LogP contribution in [0, 0.1) is 0 Å². The summed E-state index contributed by atoms with van der Waals surface area (Å²) in [6, 6.07) is 10.5. The van der Waals surface area contributed by atoms with E-state index in [4.69, 9.17) is 0 Å². The van der Waals surface area contributed by atoms with E-state index in [9.17, 15) is 18.4 Å². The van der Waals surface area contributed by atoms with Crippen molar-refractivity contribution in [3.8, 4) is 0 Å². The summed E-state index contributed by atoms with van der Waals surface area (Å²) in [6.07, 6.45) is 2.98. The summed E-state index contributed by atoms with van der Waals surface area (Å²) in [5.74, 6) is -2.88. The van der Waals surface area contributed by atoms with Gasteiger partial charge in [0.25, 0.3) is 11.8 Å². The quantitative estimate of drug-likeness (QED) is 0.591. The summed E-state index contributed by atoms with van der Waals surface area (Å²) in [5, 5.41) is 6.94. The standard InChI is InChI=1S/C22H21F2N7O2S/c1-29-16-8-25-18(30-11-22(23,24)12-30)7-17(16)34-10-15(21(29)33)27-20(32)19-26-13-31(28-19)9-14-5-3-2-4-6-14/h2-8,13,15H,9-12H2,1H3,(H,27,32)/t15-/m0/s1. The van der Waals surface area contributed by atoms with E-state index in [0.717, 1.165) is 10.5 Å². The number of alkyl halides is 2. The molecule has 2 aliphatic rings. The number of amides is 2. The Kier molecular flexibility index (Phi) is 5.68. The second kappa shape index (κ2) is 8.67. The van der Waals surface area contributed by atoms with Crippen molar-refractivity contribution in [3.05, 3.63) is 60.3 Å². The molecule has 0 saturated carbocycles. The lowest BCUT2D eigenvalue weighted by molar-refractivity contribution is -0.119. The third-order valence-corrected chi connectivity index (χ3v) is 6.77. The zero-order valence-corrected chi connectivity index (χ0v) is 19.0. The highest BCUT2D eigenvalue weighted by Gasteiger charge is 2.44. The first-order valence-corrected chi connectivity index (χ1v) is 11.5. The minimum atomic E-state index is -2.70. The van der Waals surface area contributed by atoms with Gasteiger partial charge in [-0.3, -0.25) is 9.59 Å². The molecule has 3 aromatic rings. The van der Waals surface area contributed by atoms with Crippen molar-refractivity contribution < 1.29 is 18.4 Å². The second-order valence-electron chi connectivity index (χ2n) is 8.21. The van der Waals surface area contributed by atoms with E-state index < -0.39 is 17.9 Å². The number of halogens is 2. The maximum Gasteiger partial charge on any atom is 0.291 e. The van der Waals surface area contributed by atoms with Crippen molar-refractivity contribution in [2.24, 2.45) is 0 Å². The summed E-state index contributed by atoms with van der Waals surface area (Å²) in [4.78, 5) is 37.7.